The Kier molecular flexibility index (Phi) is 7.23. The number of halogens is 1. The maximum absolute atomic E-state index is 5.92. The van der Waals surface area contributed by atoms with Crippen molar-refractivity contribution in [2.75, 3.05) is 20.1 Å². The summed E-state index contributed by atoms with van der Waals surface area (Å²) in [6, 6.07) is 11.6. The van der Waals surface area contributed by atoms with E-state index in [0.29, 0.717) is 12.4 Å². The van der Waals surface area contributed by atoms with Gasteiger partial charge in [0, 0.05) is 38.5 Å². The second-order valence-corrected chi connectivity index (χ2v) is 5.36. The number of nitrogens with one attached hydrogen (secondary N) is 1. The van der Waals surface area contributed by atoms with Crippen molar-refractivity contribution < 1.29 is 4.74 Å². The van der Waals surface area contributed by atoms with Crippen molar-refractivity contribution in [3.63, 3.8) is 0 Å². The molecular formula is C17H22IN5O. The van der Waals surface area contributed by atoms with Gasteiger partial charge < -0.3 is 15.0 Å². The van der Waals surface area contributed by atoms with Gasteiger partial charge in [-0.25, -0.2) is 4.98 Å². The Balaban J connectivity index is 0.00000208. The number of hydrogen-bond donors (Lipinski definition) is 1. The third kappa shape index (κ3) is 5.05. The second-order valence-electron chi connectivity index (χ2n) is 5.36. The summed E-state index contributed by atoms with van der Waals surface area (Å²) in [6.45, 7) is 2.38. The first kappa shape index (κ1) is 18.4. The predicted octanol–water partition coefficient (Wildman–Crippen LogP) is 2.32. The minimum atomic E-state index is 0. The van der Waals surface area contributed by atoms with Gasteiger partial charge in [-0.05, 0) is 18.2 Å². The summed E-state index contributed by atoms with van der Waals surface area (Å²) >= 11 is 0. The van der Waals surface area contributed by atoms with Crippen LogP contribution in [-0.2, 0) is 6.54 Å². The van der Waals surface area contributed by atoms with Crippen LogP contribution in [-0.4, -0.2) is 47.1 Å². The van der Waals surface area contributed by atoms with Crippen LogP contribution in [0.2, 0.25) is 0 Å². The molecule has 1 fully saturated rings. The lowest BCUT2D eigenvalue weighted by Gasteiger charge is -2.21. The summed E-state index contributed by atoms with van der Waals surface area (Å²) in [6.07, 6.45) is 4.64. The van der Waals surface area contributed by atoms with Crippen LogP contribution in [0.15, 0.2) is 53.8 Å². The Hall–Kier alpha value is -1.90. The Morgan fingerprint density at radius 2 is 2.04 bits per heavy atom. The average molecular weight is 439 g/mol. The molecule has 6 nitrogen and oxygen atoms in total. The Morgan fingerprint density at radius 3 is 2.71 bits per heavy atom. The van der Waals surface area contributed by atoms with Crippen molar-refractivity contribution in [3.05, 3.63) is 54.5 Å². The number of hydrogen-bond acceptors (Lipinski definition) is 4. The molecule has 1 N–H and O–H groups in total. The van der Waals surface area contributed by atoms with Crippen LogP contribution >= 0.6 is 24.0 Å². The molecule has 2 aromatic heterocycles. The highest BCUT2D eigenvalue weighted by atomic mass is 127. The Labute approximate surface area is 159 Å². The van der Waals surface area contributed by atoms with Crippen LogP contribution in [0.1, 0.15) is 12.1 Å². The lowest BCUT2D eigenvalue weighted by molar-refractivity contribution is 0.205. The minimum Gasteiger partial charge on any atom is -0.472 e. The highest BCUT2D eigenvalue weighted by Gasteiger charge is 2.26. The van der Waals surface area contributed by atoms with Crippen LogP contribution in [0.25, 0.3) is 0 Å². The van der Waals surface area contributed by atoms with Crippen LogP contribution in [0.3, 0.4) is 0 Å². The predicted molar refractivity (Wildman–Crippen MR) is 105 cm³/mol. The monoisotopic (exact) mass is 439 g/mol. The fourth-order valence-electron chi connectivity index (χ4n) is 2.61. The maximum Gasteiger partial charge on any atom is 0.213 e. The molecule has 1 atom stereocenters. The van der Waals surface area contributed by atoms with E-state index >= 15 is 0 Å². The number of rotatable bonds is 4. The molecule has 1 aliphatic rings. The van der Waals surface area contributed by atoms with E-state index in [1.54, 1.807) is 19.4 Å². The lowest BCUT2D eigenvalue weighted by atomic mass is 10.3. The number of nitrogens with zero attached hydrogens (tertiary/aromatic N) is 4. The summed E-state index contributed by atoms with van der Waals surface area (Å²) in [5.74, 6) is 1.55. The zero-order valence-corrected chi connectivity index (χ0v) is 16.0. The molecule has 0 aromatic carbocycles. The Morgan fingerprint density at radius 1 is 1.25 bits per heavy atom. The molecule has 0 aliphatic carbocycles. The number of pyridine rings is 2. The number of aromatic nitrogens is 2. The van der Waals surface area contributed by atoms with Gasteiger partial charge in [0.25, 0.3) is 0 Å². The molecule has 1 saturated heterocycles. The Bertz CT molecular complexity index is 638. The number of guanidine groups is 1. The van der Waals surface area contributed by atoms with Crippen LogP contribution in [0.5, 0.6) is 5.88 Å². The van der Waals surface area contributed by atoms with Crippen molar-refractivity contribution in [3.8, 4) is 5.88 Å². The smallest absolute Gasteiger partial charge is 0.213 e. The molecule has 0 spiro atoms. The minimum absolute atomic E-state index is 0. The largest absolute Gasteiger partial charge is 0.472 e. The first-order valence-electron chi connectivity index (χ1n) is 7.78. The lowest BCUT2D eigenvalue weighted by Crippen LogP contribution is -2.40. The van der Waals surface area contributed by atoms with Crippen molar-refractivity contribution in [2.45, 2.75) is 19.1 Å². The number of ether oxygens (including phenoxy) is 1. The van der Waals surface area contributed by atoms with Gasteiger partial charge in [0.05, 0.1) is 18.8 Å². The second kappa shape index (κ2) is 9.41. The third-order valence-electron chi connectivity index (χ3n) is 3.74. The van der Waals surface area contributed by atoms with Crippen molar-refractivity contribution >= 4 is 29.9 Å². The molecule has 1 unspecified atom stereocenters. The summed E-state index contributed by atoms with van der Waals surface area (Å²) in [5, 5.41) is 3.35. The fraction of sp³-hybridized carbons (Fsp3) is 0.353. The highest BCUT2D eigenvalue weighted by Crippen LogP contribution is 2.16. The van der Waals surface area contributed by atoms with Gasteiger partial charge >= 0.3 is 0 Å². The van der Waals surface area contributed by atoms with E-state index in [1.807, 2.05) is 36.4 Å². The number of aliphatic imine (C=N–C) groups is 1. The summed E-state index contributed by atoms with van der Waals surface area (Å²) in [4.78, 5) is 15.1. The molecule has 0 bridgehead atoms. The zero-order chi connectivity index (χ0) is 15.9. The van der Waals surface area contributed by atoms with Gasteiger partial charge in [-0.2, -0.15) is 0 Å². The molecule has 2 aromatic rings. The standard InChI is InChI=1S/C17H21N5O.HI/c1-18-17(21-12-14-6-2-4-9-19-14)22-11-8-15(13-22)23-16-7-3-5-10-20-16;/h2-7,9-10,15H,8,11-13H2,1H3,(H,18,21);1H. The van der Waals surface area contributed by atoms with Crippen molar-refractivity contribution in [2.24, 2.45) is 4.99 Å². The average Bonchev–Trinajstić information content (AvgIpc) is 3.06. The molecule has 0 radical (unpaired) electrons. The summed E-state index contributed by atoms with van der Waals surface area (Å²) in [7, 11) is 1.80. The molecular weight excluding hydrogens is 417 g/mol. The quantitative estimate of drug-likeness (QED) is 0.450. The SMILES string of the molecule is CN=C(NCc1ccccn1)N1CCC(Oc2ccccn2)C1.I. The van der Waals surface area contributed by atoms with Gasteiger partial charge in [-0.3, -0.25) is 9.98 Å². The van der Waals surface area contributed by atoms with Gasteiger partial charge in [0.2, 0.25) is 5.88 Å². The molecule has 3 heterocycles. The molecule has 0 amide bonds. The molecule has 1 aliphatic heterocycles. The summed E-state index contributed by atoms with van der Waals surface area (Å²) < 4.78 is 5.92. The van der Waals surface area contributed by atoms with Gasteiger partial charge in [-0.15, -0.1) is 24.0 Å². The summed E-state index contributed by atoms with van der Waals surface area (Å²) in [5.41, 5.74) is 0.995. The van der Waals surface area contributed by atoms with E-state index in [0.717, 1.165) is 31.2 Å². The molecule has 0 saturated carbocycles. The molecule has 24 heavy (non-hydrogen) atoms. The molecule has 3 rings (SSSR count). The zero-order valence-electron chi connectivity index (χ0n) is 13.6. The van der Waals surface area contributed by atoms with Gasteiger partial charge in [-0.1, -0.05) is 12.1 Å². The highest BCUT2D eigenvalue weighted by molar-refractivity contribution is 14.0. The van der Waals surface area contributed by atoms with E-state index in [-0.39, 0.29) is 30.1 Å². The molecule has 7 heteroatoms. The van der Waals surface area contributed by atoms with E-state index < -0.39 is 0 Å². The topological polar surface area (TPSA) is 62.6 Å². The van der Waals surface area contributed by atoms with Crippen molar-refractivity contribution in [1.29, 1.82) is 0 Å². The van der Waals surface area contributed by atoms with Gasteiger partial charge in [0.15, 0.2) is 5.96 Å². The maximum atomic E-state index is 5.92. The van der Waals surface area contributed by atoms with Gasteiger partial charge in [0.1, 0.15) is 6.10 Å². The van der Waals surface area contributed by atoms with E-state index in [4.69, 9.17) is 4.74 Å². The first-order valence-corrected chi connectivity index (χ1v) is 7.78. The van der Waals surface area contributed by atoms with Crippen LogP contribution in [0.4, 0.5) is 0 Å². The fourth-order valence-corrected chi connectivity index (χ4v) is 2.61. The van der Waals surface area contributed by atoms with E-state index in [9.17, 15) is 0 Å². The van der Waals surface area contributed by atoms with E-state index in [2.05, 4.69) is 25.2 Å². The number of likely N-dealkylation sites (tertiary alicyclic amines) is 1. The van der Waals surface area contributed by atoms with Crippen molar-refractivity contribution in [1.82, 2.24) is 20.2 Å². The van der Waals surface area contributed by atoms with Crippen LogP contribution < -0.4 is 10.1 Å². The third-order valence-corrected chi connectivity index (χ3v) is 3.74. The van der Waals surface area contributed by atoms with Crippen LogP contribution in [0, 0.1) is 0 Å². The first-order chi connectivity index (χ1) is 11.3. The molecule has 128 valence electrons. The normalized spacial score (nSPS) is 17.3. The van der Waals surface area contributed by atoms with E-state index in [1.165, 1.54) is 0 Å².